The minimum absolute atomic E-state index is 0.149. The molecule has 23 heavy (non-hydrogen) atoms. The molecule has 0 spiro atoms. The minimum atomic E-state index is -0.650. The summed E-state index contributed by atoms with van der Waals surface area (Å²) in [4.78, 5) is 34.3. The number of amides is 2. The van der Waals surface area contributed by atoms with Gasteiger partial charge in [-0.3, -0.25) is 25.8 Å². The van der Waals surface area contributed by atoms with Crippen LogP contribution in [0.15, 0.2) is 36.4 Å². The third-order valence-corrected chi connectivity index (χ3v) is 2.84. The van der Waals surface area contributed by atoms with Crippen molar-refractivity contribution < 1.29 is 19.1 Å². The van der Waals surface area contributed by atoms with E-state index in [0.29, 0.717) is 0 Å². The summed E-state index contributed by atoms with van der Waals surface area (Å²) in [6.45, 7) is 1.85. The number of ether oxygens (including phenoxy) is 1. The largest absolute Gasteiger partial charge is 0.463 e. The minimum Gasteiger partial charge on any atom is -0.463 e. The molecule has 0 saturated heterocycles. The van der Waals surface area contributed by atoms with Crippen molar-refractivity contribution in [1.29, 1.82) is 0 Å². The van der Waals surface area contributed by atoms with E-state index in [9.17, 15) is 14.4 Å². The third kappa shape index (κ3) is 6.90. The molecule has 1 aromatic rings. The van der Waals surface area contributed by atoms with Gasteiger partial charge in [0.05, 0.1) is 17.2 Å². The fourth-order valence-electron chi connectivity index (χ4n) is 1.35. The number of benzene rings is 1. The Kier molecular flexibility index (Phi) is 7.72. The van der Waals surface area contributed by atoms with Gasteiger partial charge in [0.1, 0.15) is 0 Å². The van der Waals surface area contributed by atoms with Gasteiger partial charge in [0.15, 0.2) is 5.11 Å². The molecule has 7 nitrogen and oxygen atoms in total. The maximum absolute atomic E-state index is 11.8. The Morgan fingerprint density at radius 1 is 1.22 bits per heavy atom. The monoisotopic (exact) mass is 355 g/mol. The fourth-order valence-corrected chi connectivity index (χ4v) is 1.72. The van der Waals surface area contributed by atoms with E-state index in [1.807, 2.05) is 0 Å². The Morgan fingerprint density at radius 2 is 1.91 bits per heavy atom. The lowest BCUT2D eigenvalue weighted by Crippen LogP contribution is -2.48. The van der Waals surface area contributed by atoms with E-state index in [4.69, 9.17) is 23.8 Å². The van der Waals surface area contributed by atoms with Crippen molar-refractivity contribution in [2.45, 2.75) is 6.92 Å². The second-order valence-electron chi connectivity index (χ2n) is 3.96. The highest BCUT2D eigenvalue weighted by atomic mass is 35.5. The van der Waals surface area contributed by atoms with E-state index in [2.05, 4.69) is 20.9 Å². The molecule has 0 bridgehead atoms. The molecule has 2 amide bonds. The molecule has 0 aliphatic heterocycles. The lowest BCUT2D eigenvalue weighted by atomic mass is 10.2. The number of rotatable bonds is 4. The highest BCUT2D eigenvalue weighted by Crippen LogP contribution is 2.13. The van der Waals surface area contributed by atoms with E-state index in [1.54, 1.807) is 25.1 Å². The zero-order chi connectivity index (χ0) is 17.2. The number of halogens is 1. The Labute approximate surface area is 143 Å². The van der Waals surface area contributed by atoms with Crippen LogP contribution in [0, 0.1) is 0 Å². The van der Waals surface area contributed by atoms with Crippen LogP contribution in [0.3, 0.4) is 0 Å². The molecule has 0 unspecified atom stereocenters. The summed E-state index contributed by atoms with van der Waals surface area (Å²) in [5, 5.41) is 2.37. The Bertz CT molecular complexity index is 649. The van der Waals surface area contributed by atoms with Gasteiger partial charge in [0.25, 0.3) is 5.91 Å². The molecule has 0 heterocycles. The van der Waals surface area contributed by atoms with Crippen LogP contribution in [-0.2, 0) is 14.3 Å². The van der Waals surface area contributed by atoms with Crippen LogP contribution in [-0.4, -0.2) is 29.5 Å². The van der Waals surface area contributed by atoms with Crippen molar-refractivity contribution in [2.24, 2.45) is 0 Å². The van der Waals surface area contributed by atoms with Gasteiger partial charge in [0.2, 0.25) is 5.91 Å². The number of hydrogen-bond acceptors (Lipinski definition) is 5. The van der Waals surface area contributed by atoms with Crippen molar-refractivity contribution >= 4 is 46.7 Å². The first-order valence-electron chi connectivity index (χ1n) is 6.44. The molecule has 1 aromatic carbocycles. The van der Waals surface area contributed by atoms with Gasteiger partial charge in [-0.25, -0.2) is 4.79 Å². The molecular formula is C14H14ClN3O4S. The number of thiocarbonyl (C=S) groups is 1. The van der Waals surface area contributed by atoms with Crippen LogP contribution in [0.2, 0.25) is 5.02 Å². The van der Waals surface area contributed by atoms with Crippen LogP contribution in [0.4, 0.5) is 0 Å². The zero-order valence-electron chi connectivity index (χ0n) is 12.1. The summed E-state index contributed by atoms with van der Waals surface area (Å²) in [5.41, 5.74) is 4.88. The smallest absolute Gasteiger partial charge is 0.330 e. The van der Waals surface area contributed by atoms with Crippen LogP contribution in [0.5, 0.6) is 0 Å². The van der Waals surface area contributed by atoms with Gasteiger partial charge in [0, 0.05) is 12.2 Å². The highest BCUT2D eigenvalue weighted by molar-refractivity contribution is 7.80. The van der Waals surface area contributed by atoms with Gasteiger partial charge < -0.3 is 4.74 Å². The molecule has 122 valence electrons. The van der Waals surface area contributed by atoms with Gasteiger partial charge >= 0.3 is 5.97 Å². The fraction of sp³-hybridized carbons (Fsp3) is 0.143. The summed E-state index contributed by atoms with van der Waals surface area (Å²) in [6.07, 6.45) is 1.92. The summed E-state index contributed by atoms with van der Waals surface area (Å²) in [6, 6.07) is 6.44. The van der Waals surface area contributed by atoms with Crippen LogP contribution in [0.25, 0.3) is 0 Å². The number of esters is 1. The highest BCUT2D eigenvalue weighted by Gasteiger charge is 2.09. The van der Waals surface area contributed by atoms with Gasteiger partial charge in [-0.05, 0) is 31.3 Å². The molecule has 0 radical (unpaired) electrons. The number of nitrogens with one attached hydrogen (secondary N) is 3. The average Bonchev–Trinajstić information content (AvgIpc) is 2.51. The number of hydrogen-bond donors (Lipinski definition) is 3. The first kappa shape index (κ1) is 18.6. The van der Waals surface area contributed by atoms with Crippen molar-refractivity contribution in [3.05, 3.63) is 47.0 Å². The van der Waals surface area contributed by atoms with Crippen LogP contribution < -0.4 is 16.2 Å². The van der Waals surface area contributed by atoms with Crippen LogP contribution >= 0.6 is 23.8 Å². The lowest BCUT2D eigenvalue weighted by Gasteiger charge is -2.10. The van der Waals surface area contributed by atoms with E-state index in [-0.39, 0.29) is 22.3 Å². The summed E-state index contributed by atoms with van der Waals surface area (Å²) in [7, 11) is 0. The number of hydrazine groups is 1. The first-order valence-corrected chi connectivity index (χ1v) is 7.23. The molecule has 0 saturated carbocycles. The SMILES string of the molecule is CCOC(=O)C=CC(=O)NC(=S)NNC(=O)c1ccccc1Cl. The van der Waals surface area contributed by atoms with Crippen molar-refractivity contribution in [1.82, 2.24) is 16.2 Å². The molecule has 9 heteroatoms. The third-order valence-electron chi connectivity index (χ3n) is 2.30. The van der Waals surface area contributed by atoms with Gasteiger partial charge in [-0.1, -0.05) is 23.7 Å². The number of carbonyl (C=O) groups is 3. The predicted octanol–water partition coefficient (Wildman–Crippen LogP) is 1.09. The predicted molar refractivity (Wildman–Crippen MR) is 88.6 cm³/mol. The normalized spacial score (nSPS) is 10.0. The maximum Gasteiger partial charge on any atom is 0.330 e. The van der Waals surface area contributed by atoms with Crippen molar-refractivity contribution in [3.63, 3.8) is 0 Å². The average molecular weight is 356 g/mol. The second kappa shape index (κ2) is 9.54. The van der Waals surface area contributed by atoms with E-state index in [1.165, 1.54) is 6.07 Å². The molecule has 0 aromatic heterocycles. The Morgan fingerprint density at radius 3 is 2.57 bits per heavy atom. The van der Waals surface area contributed by atoms with E-state index >= 15 is 0 Å². The summed E-state index contributed by atoms with van der Waals surface area (Å²) in [5.74, 6) is -1.81. The summed E-state index contributed by atoms with van der Waals surface area (Å²) >= 11 is 10.7. The second-order valence-corrected chi connectivity index (χ2v) is 4.78. The quantitative estimate of drug-likeness (QED) is 0.324. The van der Waals surface area contributed by atoms with E-state index < -0.39 is 17.8 Å². The first-order chi connectivity index (χ1) is 10.9. The number of carbonyl (C=O) groups excluding carboxylic acids is 3. The standard InChI is InChI=1S/C14H14ClN3O4S/c1-2-22-12(20)8-7-11(19)16-14(23)18-17-13(21)9-5-3-4-6-10(9)15/h3-8H,2H2,1H3,(H,17,21)(H2,16,18,19,23). The molecular weight excluding hydrogens is 342 g/mol. The molecule has 0 fully saturated rings. The van der Waals surface area contributed by atoms with Gasteiger partial charge in [-0.2, -0.15) is 0 Å². The Balaban J connectivity index is 2.42. The van der Waals surface area contributed by atoms with Crippen LogP contribution in [0.1, 0.15) is 17.3 Å². The van der Waals surface area contributed by atoms with Crippen molar-refractivity contribution in [2.75, 3.05) is 6.61 Å². The maximum atomic E-state index is 11.8. The molecule has 0 aliphatic carbocycles. The lowest BCUT2D eigenvalue weighted by molar-refractivity contribution is -0.137. The van der Waals surface area contributed by atoms with Crippen molar-refractivity contribution in [3.8, 4) is 0 Å². The zero-order valence-corrected chi connectivity index (χ0v) is 13.7. The molecule has 0 aliphatic rings. The molecule has 0 atom stereocenters. The topological polar surface area (TPSA) is 96.5 Å². The molecule has 1 rings (SSSR count). The summed E-state index contributed by atoms with van der Waals surface area (Å²) < 4.78 is 4.61. The molecule has 3 N–H and O–H groups in total. The van der Waals surface area contributed by atoms with E-state index in [0.717, 1.165) is 12.2 Å². The Hall–Kier alpha value is -2.45. The van der Waals surface area contributed by atoms with Gasteiger partial charge in [-0.15, -0.1) is 0 Å².